The summed E-state index contributed by atoms with van der Waals surface area (Å²) in [6.45, 7) is 1.90. The molecule has 2 aromatic carbocycles. The van der Waals surface area contributed by atoms with Gasteiger partial charge in [-0.3, -0.25) is 9.52 Å². The first-order chi connectivity index (χ1) is 12.0. The van der Waals surface area contributed by atoms with E-state index in [0.717, 1.165) is 31.2 Å². The maximum absolute atomic E-state index is 12.6. The molecule has 3 rings (SSSR count). The predicted octanol–water partition coefficient (Wildman–Crippen LogP) is 3.47. The maximum Gasteiger partial charge on any atom is 0.261 e. The van der Waals surface area contributed by atoms with Crippen LogP contribution in [0.2, 0.25) is 0 Å². The zero-order chi connectivity index (χ0) is 17.9. The number of anilines is 1. The van der Waals surface area contributed by atoms with Crippen molar-refractivity contribution in [3.8, 4) is 0 Å². The molecule has 1 saturated carbocycles. The fourth-order valence-corrected chi connectivity index (χ4v) is 4.10. The van der Waals surface area contributed by atoms with Crippen molar-refractivity contribution in [2.75, 3.05) is 4.72 Å². The quantitative estimate of drug-likeness (QED) is 0.859. The largest absolute Gasteiger partial charge is 0.349 e. The fraction of sp³-hybridized carbons (Fsp3) is 0.316. The number of benzene rings is 2. The number of aryl methyl sites for hydroxylation is 1. The van der Waals surface area contributed by atoms with Gasteiger partial charge in [0.2, 0.25) is 0 Å². The number of nitrogens with one attached hydrogen (secondary N) is 2. The Hall–Kier alpha value is -2.34. The molecule has 1 fully saturated rings. The highest BCUT2D eigenvalue weighted by molar-refractivity contribution is 7.92. The Morgan fingerprint density at radius 2 is 1.64 bits per heavy atom. The lowest BCUT2D eigenvalue weighted by Crippen LogP contribution is -2.33. The molecular formula is C19H22N2O3S. The topological polar surface area (TPSA) is 75.3 Å². The van der Waals surface area contributed by atoms with Gasteiger partial charge >= 0.3 is 0 Å². The Labute approximate surface area is 148 Å². The molecule has 0 bridgehead atoms. The molecule has 1 amide bonds. The molecule has 2 N–H and O–H groups in total. The minimum absolute atomic E-state index is 0.170. The van der Waals surface area contributed by atoms with Gasteiger partial charge in [0.15, 0.2) is 0 Å². The minimum Gasteiger partial charge on any atom is -0.349 e. The standard InChI is InChI=1S/C19H22N2O3S/c1-14-10-12-16(13-11-14)25(23,24)21-18-9-5-4-8-17(18)19(22)20-15-6-2-3-7-15/h4-5,8-13,15,21H,2-3,6-7H2,1H3,(H,20,22). The number of rotatable bonds is 5. The molecule has 6 heteroatoms. The third-order valence-corrected chi connectivity index (χ3v) is 5.82. The monoisotopic (exact) mass is 358 g/mol. The van der Waals surface area contributed by atoms with Crippen LogP contribution in [-0.4, -0.2) is 20.4 Å². The van der Waals surface area contributed by atoms with Gasteiger partial charge in [-0.15, -0.1) is 0 Å². The molecule has 0 unspecified atom stereocenters. The second-order valence-electron chi connectivity index (χ2n) is 6.42. The average molecular weight is 358 g/mol. The molecule has 132 valence electrons. The van der Waals surface area contributed by atoms with Gasteiger partial charge in [-0.1, -0.05) is 42.7 Å². The van der Waals surface area contributed by atoms with Crippen LogP contribution in [0.15, 0.2) is 53.4 Å². The normalized spacial score (nSPS) is 15.1. The lowest BCUT2D eigenvalue weighted by Gasteiger charge is -2.15. The van der Waals surface area contributed by atoms with E-state index in [0.29, 0.717) is 11.3 Å². The molecule has 5 nitrogen and oxygen atoms in total. The summed E-state index contributed by atoms with van der Waals surface area (Å²) >= 11 is 0. The van der Waals surface area contributed by atoms with E-state index in [1.807, 2.05) is 6.92 Å². The zero-order valence-electron chi connectivity index (χ0n) is 14.2. The Kier molecular flexibility index (Phi) is 5.08. The van der Waals surface area contributed by atoms with Gasteiger partial charge < -0.3 is 5.32 Å². The number of hydrogen-bond acceptors (Lipinski definition) is 3. The van der Waals surface area contributed by atoms with Crippen molar-refractivity contribution in [2.45, 2.75) is 43.5 Å². The SMILES string of the molecule is Cc1ccc(S(=O)(=O)Nc2ccccc2C(=O)NC2CCCC2)cc1. The number of para-hydroxylation sites is 1. The van der Waals surface area contributed by atoms with Crippen molar-refractivity contribution in [1.82, 2.24) is 5.32 Å². The fourth-order valence-electron chi connectivity index (χ4n) is 3.02. The van der Waals surface area contributed by atoms with Gasteiger partial charge in [0.1, 0.15) is 0 Å². The Bertz CT molecular complexity index is 854. The highest BCUT2D eigenvalue weighted by atomic mass is 32.2. The molecular weight excluding hydrogens is 336 g/mol. The summed E-state index contributed by atoms with van der Waals surface area (Å²) in [4.78, 5) is 12.7. The zero-order valence-corrected chi connectivity index (χ0v) is 15.0. The van der Waals surface area contributed by atoms with Crippen LogP contribution >= 0.6 is 0 Å². The van der Waals surface area contributed by atoms with Crippen LogP contribution in [-0.2, 0) is 10.0 Å². The third kappa shape index (κ3) is 4.20. The van der Waals surface area contributed by atoms with E-state index in [-0.39, 0.29) is 16.8 Å². The van der Waals surface area contributed by atoms with Crippen LogP contribution in [0.4, 0.5) is 5.69 Å². The van der Waals surface area contributed by atoms with Crippen molar-refractivity contribution < 1.29 is 13.2 Å². The number of sulfonamides is 1. The summed E-state index contributed by atoms with van der Waals surface area (Å²) in [5.41, 5.74) is 1.61. The van der Waals surface area contributed by atoms with Gasteiger partial charge in [-0.25, -0.2) is 8.42 Å². The second kappa shape index (κ2) is 7.27. The first-order valence-corrected chi connectivity index (χ1v) is 9.93. The Morgan fingerprint density at radius 3 is 2.32 bits per heavy atom. The first kappa shape index (κ1) is 17.5. The molecule has 0 aliphatic heterocycles. The molecule has 0 spiro atoms. The molecule has 1 aliphatic carbocycles. The summed E-state index contributed by atoms with van der Waals surface area (Å²) < 4.78 is 27.7. The molecule has 0 atom stereocenters. The molecule has 1 aliphatic rings. The summed E-state index contributed by atoms with van der Waals surface area (Å²) in [6.07, 6.45) is 4.19. The number of carbonyl (C=O) groups is 1. The average Bonchev–Trinajstić information content (AvgIpc) is 3.08. The van der Waals surface area contributed by atoms with Crippen LogP contribution < -0.4 is 10.0 Å². The summed E-state index contributed by atoms with van der Waals surface area (Å²) in [6, 6.07) is 13.5. The Balaban J connectivity index is 1.82. The van der Waals surface area contributed by atoms with Crippen molar-refractivity contribution in [1.29, 1.82) is 0 Å². The van der Waals surface area contributed by atoms with Crippen LogP contribution in [0.5, 0.6) is 0 Å². The van der Waals surface area contributed by atoms with E-state index in [1.165, 1.54) is 0 Å². The number of hydrogen-bond donors (Lipinski definition) is 2. The number of carbonyl (C=O) groups excluding carboxylic acids is 1. The van der Waals surface area contributed by atoms with E-state index in [1.54, 1.807) is 48.5 Å². The van der Waals surface area contributed by atoms with Crippen molar-refractivity contribution >= 4 is 21.6 Å². The first-order valence-electron chi connectivity index (χ1n) is 8.45. The smallest absolute Gasteiger partial charge is 0.261 e. The van der Waals surface area contributed by atoms with Gasteiger partial charge in [-0.2, -0.15) is 0 Å². The van der Waals surface area contributed by atoms with E-state index in [4.69, 9.17) is 0 Å². The molecule has 0 radical (unpaired) electrons. The lowest BCUT2D eigenvalue weighted by atomic mass is 10.1. The minimum atomic E-state index is -3.74. The lowest BCUT2D eigenvalue weighted by molar-refractivity contribution is 0.0939. The maximum atomic E-state index is 12.6. The highest BCUT2D eigenvalue weighted by Gasteiger charge is 2.21. The van der Waals surface area contributed by atoms with E-state index < -0.39 is 10.0 Å². The Morgan fingerprint density at radius 1 is 1.00 bits per heavy atom. The van der Waals surface area contributed by atoms with Crippen LogP contribution in [0.1, 0.15) is 41.6 Å². The van der Waals surface area contributed by atoms with Crippen LogP contribution in [0.3, 0.4) is 0 Å². The van der Waals surface area contributed by atoms with Gasteiger partial charge in [-0.05, 0) is 44.0 Å². The molecule has 25 heavy (non-hydrogen) atoms. The van der Waals surface area contributed by atoms with Gasteiger partial charge in [0.05, 0.1) is 16.1 Å². The summed E-state index contributed by atoms with van der Waals surface area (Å²) in [5.74, 6) is -0.242. The van der Waals surface area contributed by atoms with Crippen LogP contribution in [0, 0.1) is 6.92 Å². The number of amides is 1. The molecule has 2 aromatic rings. The molecule has 0 heterocycles. The van der Waals surface area contributed by atoms with E-state index in [2.05, 4.69) is 10.0 Å². The highest BCUT2D eigenvalue weighted by Crippen LogP contribution is 2.22. The van der Waals surface area contributed by atoms with Gasteiger partial charge in [0, 0.05) is 6.04 Å². The second-order valence-corrected chi connectivity index (χ2v) is 8.10. The molecule has 0 saturated heterocycles. The predicted molar refractivity (Wildman–Crippen MR) is 98.2 cm³/mol. The van der Waals surface area contributed by atoms with E-state index >= 15 is 0 Å². The van der Waals surface area contributed by atoms with Crippen molar-refractivity contribution in [3.63, 3.8) is 0 Å². The van der Waals surface area contributed by atoms with Crippen LogP contribution in [0.25, 0.3) is 0 Å². The van der Waals surface area contributed by atoms with E-state index in [9.17, 15) is 13.2 Å². The van der Waals surface area contributed by atoms with Gasteiger partial charge in [0.25, 0.3) is 15.9 Å². The molecule has 0 aromatic heterocycles. The van der Waals surface area contributed by atoms with Crippen molar-refractivity contribution in [2.24, 2.45) is 0 Å². The summed E-state index contributed by atoms with van der Waals surface area (Å²) in [7, 11) is -3.74. The third-order valence-electron chi connectivity index (χ3n) is 4.44. The summed E-state index contributed by atoms with van der Waals surface area (Å²) in [5, 5.41) is 2.99. The van der Waals surface area contributed by atoms with Crippen molar-refractivity contribution in [3.05, 3.63) is 59.7 Å².